The van der Waals surface area contributed by atoms with E-state index in [1.54, 1.807) is 12.2 Å². The number of carbonyl (C=O) groups excluding carboxylic acids is 1. The Hall–Kier alpha value is -3.05. The second kappa shape index (κ2) is 9.59. The van der Waals surface area contributed by atoms with Crippen LogP contribution in [0.2, 0.25) is 0 Å². The molecule has 1 amide bonds. The minimum absolute atomic E-state index is 0.166. The molecular formula is C22H24N2O3. The predicted octanol–water partition coefficient (Wildman–Crippen LogP) is 3.74. The second-order valence-corrected chi connectivity index (χ2v) is 6.14. The number of nitrogens with zero attached hydrogens (tertiary/aromatic N) is 1. The van der Waals surface area contributed by atoms with Crippen molar-refractivity contribution in [1.29, 1.82) is 0 Å². The van der Waals surface area contributed by atoms with Crippen LogP contribution in [0.5, 0.6) is 5.75 Å². The highest BCUT2D eigenvalue weighted by Gasteiger charge is 2.10. The van der Waals surface area contributed by atoms with Crippen molar-refractivity contribution in [1.82, 2.24) is 0 Å². The number of carbonyl (C=O) groups is 1. The number of ether oxygens (including phenoxy) is 2. The lowest BCUT2D eigenvalue weighted by atomic mass is 10.2. The van der Waals surface area contributed by atoms with Gasteiger partial charge in [0.1, 0.15) is 12.4 Å². The van der Waals surface area contributed by atoms with Gasteiger partial charge < -0.3 is 19.7 Å². The zero-order chi connectivity index (χ0) is 18.9. The van der Waals surface area contributed by atoms with Gasteiger partial charge in [0.2, 0.25) is 5.91 Å². The molecule has 2 aromatic rings. The monoisotopic (exact) mass is 364 g/mol. The van der Waals surface area contributed by atoms with E-state index in [1.165, 1.54) is 6.08 Å². The first-order chi connectivity index (χ1) is 13.2. The van der Waals surface area contributed by atoms with E-state index < -0.39 is 0 Å². The Balaban J connectivity index is 1.52. The number of hydrogen-bond acceptors (Lipinski definition) is 4. The fraction of sp³-hybridized carbons (Fsp3) is 0.227. The van der Waals surface area contributed by atoms with Gasteiger partial charge in [-0.2, -0.15) is 0 Å². The van der Waals surface area contributed by atoms with Crippen LogP contribution in [0.25, 0.3) is 6.08 Å². The highest BCUT2D eigenvalue weighted by molar-refractivity contribution is 6.02. The molecule has 1 fully saturated rings. The van der Waals surface area contributed by atoms with Gasteiger partial charge in [-0.15, -0.1) is 0 Å². The SMILES string of the molecule is C=CCOc1ccc(/C=C/C(=O)Nc2ccc(N3CCOCC3)cc2)cc1. The Labute approximate surface area is 159 Å². The van der Waals surface area contributed by atoms with Gasteiger partial charge in [0.15, 0.2) is 0 Å². The summed E-state index contributed by atoms with van der Waals surface area (Å²) in [6.45, 7) is 7.39. The summed E-state index contributed by atoms with van der Waals surface area (Å²) in [5.74, 6) is 0.609. The molecule has 0 bridgehead atoms. The third-order valence-corrected chi connectivity index (χ3v) is 4.19. The van der Waals surface area contributed by atoms with Crippen molar-refractivity contribution >= 4 is 23.4 Å². The Morgan fingerprint density at radius 2 is 1.81 bits per heavy atom. The first kappa shape index (κ1) is 18.7. The molecule has 1 saturated heterocycles. The van der Waals surface area contributed by atoms with Crippen LogP contribution in [-0.2, 0) is 9.53 Å². The molecule has 27 heavy (non-hydrogen) atoms. The van der Waals surface area contributed by atoms with Crippen molar-refractivity contribution < 1.29 is 14.3 Å². The lowest BCUT2D eigenvalue weighted by Crippen LogP contribution is -2.36. The molecule has 5 nitrogen and oxygen atoms in total. The van der Waals surface area contributed by atoms with E-state index in [-0.39, 0.29) is 5.91 Å². The molecular weight excluding hydrogens is 340 g/mol. The third kappa shape index (κ3) is 5.72. The summed E-state index contributed by atoms with van der Waals surface area (Å²) in [5.41, 5.74) is 2.85. The van der Waals surface area contributed by atoms with Gasteiger partial charge in [0.25, 0.3) is 0 Å². The molecule has 0 spiro atoms. The summed E-state index contributed by atoms with van der Waals surface area (Å²) in [4.78, 5) is 14.4. The van der Waals surface area contributed by atoms with Crippen LogP contribution < -0.4 is 15.0 Å². The molecule has 1 N–H and O–H groups in total. The van der Waals surface area contributed by atoms with Gasteiger partial charge in [0, 0.05) is 30.5 Å². The Morgan fingerprint density at radius 1 is 1.11 bits per heavy atom. The molecule has 1 aliphatic rings. The fourth-order valence-electron chi connectivity index (χ4n) is 2.76. The van der Waals surface area contributed by atoms with Gasteiger partial charge in [-0.05, 0) is 48.0 Å². The molecule has 1 aliphatic heterocycles. The van der Waals surface area contributed by atoms with Gasteiger partial charge in [-0.25, -0.2) is 0 Å². The highest BCUT2D eigenvalue weighted by Crippen LogP contribution is 2.19. The second-order valence-electron chi connectivity index (χ2n) is 6.14. The minimum Gasteiger partial charge on any atom is -0.490 e. The van der Waals surface area contributed by atoms with Gasteiger partial charge in [0.05, 0.1) is 13.2 Å². The number of rotatable bonds is 7. The Morgan fingerprint density at radius 3 is 2.48 bits per heavy atom. The Kier molecular flexibility index (Phi) is 6.66. The summed E-state index contributed by atoms with van der Waals surface area (Å²) in [6.07, 6.45) is 5.00. The molecule has 1 heterocycles. The maximum Gasteiger partial charge on any atom is 0.248 e. The summed E-state index contributed by atoms with van der Waals surface area (Å²) >= 11 is 0. The first-order valence-electron chi connectivity index (χ1n) is 9.00. The van der Waals surface area contributed by atoms with Crippen LogP contribution in [0, 0.1) is 0 Å². The standard InChI is InChI=1S/C22H24N2O3/c1-2-15-27-21-10-3-18(4-11-21)5-12-22(25)23-19-6-8-20(9-7-19)24-13-16-26-17-14-24/h2-12H,1,13-17H2,(H,23,25)/b12-5+. The van der Waals surface area contributed by atoms with E-state index in [0.717, 1.165) is 49.0 Å². The van der Waals surface area contributed by atoms with E-state index >= 15 is 0 Å². The highest BCUT2D eigenvalue weighted by atomic mass is 16.5. The number of anilines is 2. The van der Waals surface area contributed by atoms with Gasteiger partial charge in [-0.3, -0.25) is 4.79 Å². The molecule has 0 aliphatic carbocycles. The average Bonchev–Trinajstić information content (AvgIpc) is 2.73. The molecule has 0 atom stereocenters. The maximum absolute atomic E-state index is 12.1. The van der Waals surface area contributed by atoms with Crippen molar-refractivity contribution in [2.24, 2.45) is 0 Å². The quantitative estimate of drug-likeness (QED) is 0.601. The molecule has 0 saturated carbocycles. The van der Waals surface area contributed by atoms with Crippen molar-refractivity contribution in [3.63, 3.8) is 0 Å². The van der Waals surface area contributed by atoms with E-state index in [1.807, 2.05) is 48.5 Å². The normalized spacial score (nSPS) is 14.1. The molecule has 140 valence electrons. The van der Waals surface area contributed by atoms with Crippen LogP contribution in [0.1, 0.15) is 5.56 Å². The first-order valence-corrected chi connectivity index (χ1v) is 9.00. The van der Waals surface area contributed by atoms with Crippen LogP contribution in [0.15, 0.2) is 67.3 Å². The predicted molar refractivity (Wildman–Crippen MR) is 109 cm³/mol. The maximum atomic E-state index is 12.1. The fourth-order valence-corrected chi connectivity index (χ4v) is 2.76. The third-order valence-electron chi connectivity index (χ3n) is 4.19. The summed E-state index contributed by atoms with van der Waals surface area (Å²) in [6, 6.07) is 15.4. The van der Waals surface area contributed by atoms with Gasteiger partial charge >= 0.3 is 0 Å². The van der Waals surface area contributed by atoms with Crippen LogP contribution >= 0.6 is 0 Å². The van der Waals surface area contributed by atoms with E-state index in [4.69, 9.17) is 9.47 Å². The molecule has 2 aromatic carbocycles. The van der Waals surface area contributed by atoms with Crippen molar-refractivity contribution in [3.8, 4) is 5.75 Å². The van der Waals surface area contributed by atoms with Crippen LogP contribution in [0.4, 0.5) is 11.4 Å². The summed E-state index contributed by atoms with van der Waals surface area (Å²) in [7, 11) is 0. The summed E-state index contributed by atoms with van der Waals surface area (Å²) in [5, 5.41) is 2.88. The number of benzene rings is 2. The van der Waals surface area contributed by atoms with E-state index in [9.17, 15) is 4.79 Å². The lowest BCUT2D eigenvalue weighted by Gasteiger charge is -2.28. The zero-order valence-corrected chi connectivity index (χ0v) is 15.3. The average molecular weight is 364 g/mol. The smallest absolute Gasteiger partial charge is 0.248 e. The Bertz CT molecular complexity index is 776. The number of nitrogens with one attached hydrogen (secondary N) is 1. The van der Waals surface area contributed by atoms with E-state index in [0.29, 0.717) is 6.61 Å². The summed E-state index contributed by atoms with van der Waals surface area (Å²) < 4.78 is 10.8. The lowest BCUT2D eigenvalue weighted by molar-refractivity contribution is -0.111. The van der Waals surface area contributed by atoms with Crippen molar-refractivity contribution in [2.75, 3.05) is 43.1 Å². The van der Waals surface area contributed by atoms with Crippen LogP contribution in [-0.4, -0.2) is 38.8 Å². The van der Waals surface area contributed by atoms with Crippen LogP contribution in [0.3, 0.4) is 0 Å². The largest absolute Gasteiger partial charge is 0.490 e. The topological polar surface area (TPSA) is 50.8 Å². The molecule has 0 aromatic heterocycles. The molecule has 0 unspecified atom stereocenters. The molecule has 5 heteroatoms. The minimum atomic E-state index is -0.166. The number of amides is 1. The van der Waals surface area contributed by atoms with Gasteiger partial charge in [-0.1, -0.05) is 24.8 Å². The van der Waals surface area contributed by atoms with Crippen molar-refractivity contribution in [2.45, 2.75) is 0 Å². The van der Waals surface area contributed by atoms with Crippen molar-refractivity contribution in [3.05, 3.63) is 72.8 Å². The number of morpholine rings is 1. The number of hydrogen-bond donors (Lipinski definition) is 1. The molecule has 3 rings (SSSR count). The molecule has 0 radical (unpaired) electrons. The van der Waals surface area contributed by atoms with E-state index in [2.05, 4.69) is 16.8 Å². The zero-order valence-electron chi connectivity index (χ0n) is 15.3.